The van der Waals surface area contributed by atoms with Gasteiger partial charge in [0.05, 0.1) is 13.2 Å². The third kappa shape index (κ3) is 6.44. The summed E-state index contributed by atoms with van der Waals surface area (Å²) in [6, 6.07) is 2.18. The first kappa shape index (κ1) is 12.4. The van der Waals surface area contributed by atoms with Gasteiger partial charge in [-0.1, -0.05) is 12.2 Å². The zero-order chi connectivity index (χ0) is 10.8. The Labute approximate surface area is 96.0 Å². The molecule has 15 heavy (non-hydrogen) atoms. The molecule has 2 nitrogen and oxygen atoms in total. The van der Waals surface area contributed by atoms with Gasteiger partial charge >= 0.3 is 0 Å². The summed E-state index contributed by atoms with van der Waals surface area (Å²) in [6.45, 7) is 5.48. The molecule has 0 aromatic carbocycles. The second kappa shape index (κ2) is 8.65. The summed E-state index contributed by atoms with van der Waals surface area (Å²) >= 11 is 1.76. The molecule has 0 atom stereocenters. The molecule has 0 fully saturated rings. The molecule has 0 radical (unpaired) electrons. The van der Waals surface area contributed by atoms with E-state index in [0.29, 0.717) is 0 Å². The molecule has 0 bridgehead atoms. The van der Waals surface area contributed by atoms with Gasteiger partial charge in [-0.2, -0.15) is 11.3 Å². The SMILES string of the molecule is CC=CCOCCNCCc1ccsc1. The van der Waals surface area contributed by atoms with E-state index in [9.17, 15) is 0 Å². The van der Waals surface area contributed by atoms with Crippen molar-refractivity contribution < 1.29 is 4.74 Å². The number of hydrogen-bond donors (Lipinski definition) is 1. The van der Waals surface area contributed by atoms with E-state index in [2.05, 4.69) is 22.1 Å². The van der Waals surface area contributed by atoms with Crippen molar-refractivity contribution in [3.63, 3.8) is 0 Å². The quantitative estimate of drug-likeness (QED) is 0.542. The standard InChI is InChI=1S/C12H19NOS/c1-2-3-8-14-9-7-13-6-4-12-5-10-15-11-12/h2-3,5,10-11,13H,4,6-9H2,1H3. The van der Waals surface area contributed by atoms with Crippen LogP contribution in [0.1, 0.15) is 12.5 Å². The predicted molar refractivity (Wildman–Crippen MR) is 66.5 cm³/mol. The largest absolute Gasteiger partial charge is 0.376 e. The molecule has 0 aliphatic carbocycles. The highest BCUT2D eigenvalue weighted by molar-refractivity contribution is 7.07. The molecule has 1 aromatic heterocycles. The maximum absolute atomic E-state index is 5.36. The summed E-state index contributed by atoms with van der Waals surface area (Å²) in [5.74, 6) is 0. The lowest BCUT2D eigenvalue weighted by Crippen LogP contribution is -2.22. The summed E-state index contributed by atoms with van der Waals surface area (Å²) in [7, 11) is 0. The molecule has 3 heteroatoms. The van der Waals surface area contributed by atoms with Crippen LogP contribution in [0.15, 0.2) is 29.0 Å². The van der Waals surface area contributed by atoms with Crippen molar-refractivity contribution in [2.45, 2.75) is 13.3 Å². The van der Waals surface area contributed by atoms with E-state index < -0.39 is 0 Å². The monoisotopic (exact) mass is 225 g/mol. The van der Waals surface area contributed by atoms with Crippen LogP contribution in [0.25, 0.3) is 0 Å². The van der Waals surface area contributed by atoms with Crippen molar-refractivity contribution in [1.29, 1.82) is 0 Å². The molecule has 0 unspecified atom stereocenters. The highest BCUT2D eigenvalue weighted by Crippen LogP contribution is 2.05. The maximum atomic E-state index is 5.36. The van der Waals surface area contributed by atoms with E-state index in [0.717, 1.165) is 32.7 Å². The third-order valence-electron chi connectivity index (χ3n) is 2.04. The Morgan fingerprint density at radius 3 is 3.13 bits per heavy atom. The normalized spacial score (nSPS) is 11.3. The number of allylic oxidation sites excluding steroid dienone is 1. The number of nitrogens with one attached hydrogen (secondary N) is 1. The first-order chi connectivity index (χ1) is 7.43. The first-order valence-corrected chi connectivity index (χ1v) is 6.28. The average Bonchev–Trinajstić information content (AvgIpc) is 2.75. The van der Waals surface area contributed by atoms with E-state index in [4.69, 9.17) is 4.74 Å². The van der Waals surface area contributed by atoms with Crippen LogP contribution < -0.4 is 5.32 Å². The number of hydrogen-bond acceptors (Lipinski definition) is 3. The van der Waals surface area contributed by atoms with Crippen LogP contribution in [0.4, 0.5) is 0 Å². The molecule has 84 valence electrons. The van der Waals surface area contributed by atoms with E-state index in [1.807, 2.05) is 19.1 Å². The lowest BCUT2D eigenvalue weighted by Gasteiger charge is -2.03. The Bertz CT molecular complexity index is 257. The zero-order valence-corrected chi connectivity index (χ0v) is 10.1. The Hall–Kier alpha value is -0.640. The molecule has 0 aliphatic rings. The molecular weight excluding hydrogens is 206 g/mol. The predicted octanol–water partition coefficient (Wildman–Crippen LogP) is 2.47. The van der Waals surface area contributed by atoms with Crippen LogP contribution in [0.3, 0.4) is 0 Å². The third-order valence-corrected chi connectivity index (χ3v) is 2.78. The van der Waals surface area contributed by atoms with Crippen LogP contribution in [-0.4, -0.2) is 26.3 Å². The van der Waals surface area contributed by atoms with Gasteiger partial charge in [0.2, 0.25) is 0 Å². The maximum Gasteiger partial charge on any atom is 0.0647 e. The molecule has 0 aliphatic heterocycles. The minimum absolute atomic E-state index is 0.725. The second-order valence-corrected chi connectivity index (χ2v) is 4.06. The lowest BCUT2D eigenvalue weighted by molar-refractivity contribution is 0.164. The van der Waals surface area contributed by atoms with Gasteiger partial charge in [0.25, 0.3) is 0 Å². The van der Waals surface area contributed by atoms with Crippen molar-refractivity contribution >= 4 is 11.3 Å². The van der Waals surface area contributed by atoms with E-state index in [-0.39, 0.29) is 0 Å². The van der Waals surface area contributed by atoms with Crippen LogP contribution in [0, 0.1) is 0 Å². The highest BCUT2D eigenvalue weighted by Gasteiger charge is 1.92. The van der Waals surface area contributed by atoms with Crippen molar-refractivity contribution in [2.24, 2.45) is 0 Å². The number of thiophene rings is 1. The lowest BCUT2D eigenvalue weighted by atomic mass is 10.2. The van der Waals surface area contributed by atoms with Gasteiger partial charge in [0, 0.05) is 6.54 Å². The van der Waals surface area contributed by atoms with E-state index in [1.165, 1.54) is 5.56 Å². The van der Waals surface area contributed by atoms with Gasteiger partial charge in [-0.3, -0.25) is 0 Å². The Morgan fingerprint density at radius 1 is 1.47 bits per heavy atom. The summed E-state index contributed by atoms with van der Waals surface area (Å²) in [5, 5.41) is 7.68. The van der Waals surface area contributed by atoms with E-state index >= 15 is 0 Å². The van der Waals surface area contributed by atoms with Gasteiger partial charge in [0.1, 0.15) is 0 Å². The van der Waals surface area contributed by atoms with Gasteiger partial charge in [-0.25, -0.2) is 0 Å². The zero-order valence-electron chi connectivity index (χ0n) is 9.24. The van der Waals surface area contributed by atoms with Gasteiger partial charge in [0.15, 0.2) is 0 Å². The van der Waals surface area contributed by atoms with Gasteiger partial charge in [-0.15, -0.1) is 0 Å². The average molecular weight is 225 g/mol. The Morgan fingerprint density at radius 2 is 2.40 bits per heavy atom. The van der Waals surface area contributed by atoms with Gasteiger partial charge in [-0.05, 0) is 42.3 Å². The van der Waals surface area contributed by atoms with Crippen molar-refractivity contribution in [2.75, 3.05) is 26.3 Å². The molecule has 0 saturated heterocycles. The summed E-state index contributed by atoms with van der Waals surface area (Å²) in [6.07, 6.45) is 5.13. The van der Waals surface area contributed by atoms with Crippen LogP contribution in [-0.2, 0) is 11.2 Å². The number of rotatable bonds is 8. The molecule has 1 N–H and O–H groups in total. The van der Waals surface area contributed by atoms with E-state index in [1.54, 1.807) is 11.3 Å². The molecule has 1 aromatic rings. The Kier molecular flexibility index (Phi) is 7.17. The topological polar surface area (TPSA) is 21.3 Å². The summed E-state index contributed by atoms with van der Waals surface area (Å²) in [5.41, 5.74) is 1.42. The second-order valence-electron chi connectivity index (χ2n) is 3.28. The first-order valence-electron chi connectivity index (χ1n) is 5.34. The fourth-order valence-electron chi connectivity index (χ4n) is 1.18. The van der Waals surface area contributed by atoms with Crippen LogP contribution in [0.5, 0.6) is 0 Å². The summed E-state index contributed by atoms with van der Waals surface area (Å²) < 4.78 is 5.36. The number of ether oxygens (including phenoxy) is 1. The highest BCUT2D eigenvalue weighted by atomic mass is 32.1. The smallest absolute Gasteiger partial charge is 0.0647 e. The molecule has 0 spiro atoms. The Balaban J connectivity index is 1.85. The van der Waals surface area contributed by atoms with Crippen molar-refractivity contribution in [3.8, 4) is 0 Å². The van der Waals surface area contributed by atoms with Gasteiger partial charge < -0.3 is 10.1 Å². The van der Waals surface area contributed by atoms with Crippen LogP contribution >= 0.6 is 11.3 Å². The molecule has 1 heterocycles. The fraction of sp³-hybridized carbons (Fsp3) is 0.500. The molecule has 0 amide bonds. The van der Waals surface area contributed by atoms with Crippen molar-refractivity contribution in [3.05, 3.63) is 34.5 Å². The van der Waals surface area contributed by atoms with Crippen molar-refractivity contribution in [1.82, 2.24) is 5.32 Å². The minimum atomic E-state index is 0.725. The minimum Gasteiger partial charge on any atom is -0.376 e. The fourth-order valence-corrected chi connectivity index (χ4v) is 1.89. The summed E-state index contributed by atoms with van der Waals surface area (Å²) in [4.78, 5) is 0. The molecule has 0 saturated carbocycles. The molecule has 1 rings (SSSR count). The van der Waals surface area contributed by atoms with Crippen LogP contribution in [0.2, 0.25) is 0 Å². The molecular formula is C12H19NOS.